The van der Waals surface area contributed by atoms with Crippen LogP contribution in [0.3, 0.4) is 0 Å². The van der Waals surface area contributed by atoms with Gasteiger partial charge in [-0.15, -0.1) is 24.8 Å². The third-order valence-corrected chi connectivity index (χ3v) is 4.35. The molecule has 1 amide bonds. The maximum atomic E-state index is 12.6. The van der Waals surface area contributed by atoms with Crippen LogP contribution in [0, 0.1) is 5.92 Å². The topological polar surface area (TPSA) is 63.1 Å². The number of carbonyl (C=O) groups excluding carboxylic acids is 1. The number of carbonyl (C=O) groups is 1. The lowest BCUT2D eigenvalue weighted by molar-refractivity contribution is 0.0690. The standard InChI is InChI=1S/C17H23N5O.2ClH/c1-2-18-11-14-5-8-21(9-6-14)17(23)15-3-4-16(20-12-15)22-10-7-19-13-22;;/h3-4,7,10,12-14,18H,2,5-6,8-9,11H2,1H3;2*1H. The highest BCUT2D eigenvalue weighted by molar-refractivity contribution is 5.94. The van der Waals surface area contributed by atoms with Crippen LogP contribution in [0.25, 0.3) is 5.82 Å². The highest BCUT2D eigenvalue weighted by Gasteiger charge is 2.23. The smallest absolute Gasteiger partial charge is 0.255 e. The van der Waals surface area contributed by atoms with Crippen molar-refractivity contribution >= 4 is 30.7 Å². The molecule has 1 fully saturated rings. The van der Waals surface area contributed by atoms with Gasteiger partial charge in [0.25, 0.3) is 5.91 Å². The molecule has 0 bridgehead atoms. The molecule has 8 heteroatoms. The van der Waals surface area contributed by atoms with E-state index in [4.69, 9.17) is 0 Å². The van der Waals surface area contributed by atoms with Crippen molar-refractivity contribution in [3.05, 3.63) is 42.6 Å². The van der Waals surface area contributed by atoms with Crippen LogP contribution in [0.2, 0.25) is 0 Å². The Bertz CT molecular complexity index is 625. The van der Waals surface area contributed by atoms with E-state index in [0.717, 1.165) is 44.8 Å². The van der Waals surface area contributed by atoms with Crippen LogP contribution in [-0.2, 0) is 0 Å². The molecule has 1 saturated heterocycles. The van der Waals surface area contributed by atoms with E-state index in [2.05, 4.69) is 22.2 Å². The number of imidazole rings is 1. The molecule has 2 aromatic heterocycles. The van der Waals surface area contributed by atoms with Gasteiger partial charge in [0.15, 0.2) is 0 Å². The number of piperidine rings is 1. The zero-order valence-corrected chi connectivity index (χ0v) is 15.9. The van der Waals surface area contributed by atoms with Gasteiger partial charge in [-0.05, 0) is 44.0 Å². The maximum absolute atomic E-state index is 12.6. The quantitative estimate of drug-likeness (QED) is 0.858. The van der Waals surface area contributed by atoms with E-state index in [1.54, 1.807) is 18.7 Å². The molecule has 3 heterocycles. The molecule has 0 radical (unpaired) electrons. The summed E-state index contributed by atoms with van der Waals surface area (Å²) in [7, 11) is 0. The lowest BCUT2D eigenvalue weighted by Crippen LogP contribution is -2.40. The normalized spacial score (nSPS) is 14.5. The second-order valence-electron chi connectivity index (χ2n) is 5.92. The van der Waals surface area contributed by atoms with Gasteiger partial charge in [0, 0.05) is 31.7 Å². The van der Waals surface area contributed by atoms with Crippen LogP contribution >= 0.6 is 24.8 Å². The van der Waals surface area contributed by atoms with Crippen molar-refractivity contribution in [3.8, 4) is 5.82 Å². The summed E-state index contributed by atoms with van der Waals surface area (Å²) in [5.74, 6) is 1.53. The lowest BCUT2D eigenvalue weighted by Gasteiger charge is -2.32. The summed E-state index contributed by atoms with van der Waals surface area (Å²) >= 11 is 0. The molecule has 0 aromatic carbocycles. The number of rotatable bonds is 5. The summed E-state index contributed by atoms with van der Waals surface area (Å²) in [5.41, 5.74) is 0.652. The van der Waals surface area contributed by atoms with Crippen molar-refractivity contribution in [1.82, 2.24) is 24.8 Å². The monoisotopic (exact) mass is 385 g/mol. The number of nitrogens with one attached hydrogen (secondary N) is 1. The van der Waals surface area contributed by atoms with Crippen LogP contribution in [0.15, 0.2) is 37.1 Å². The number of halogens is 2. The molecule has 0 unspecified atom stereocenters. The Hall–Kier alpha value is -1.63. The Kier molecular flexibility index (Phi) is 8.89. The van der Waals surface area contributed by atoms with Gasteiger partial charge in [0.2, 0.25) is 0 Å². The first-order valence-corrected chi connectivity index (χ1v) is 8.22. The minimum atomic E-state index is 0. The molecule has 6 nitrogen and oxygen atoms in total. The van der Waals surface area contributed by atoms with Gasteiger partial charge in [-0.3, -0.25) is 9.36 Å². The molecular weight excluding hydrogens is 361 g/mol. The van der Waals surface area contributed by atoms with E-state index < -0.39 is 0 Å². The molecule has 3 rings (SSSR count). The molecule has 1 aliphatic rings. The van der Waals surface area contributed by atoms with Crippen molar-refractivity contribution in [2.24, 2.45) is 5.92 Å². The summed E-state index contributed by atoms with van der Waals surface area (Å²) in [6, 6.07) is 3.70. The Morgan fingerprint density at radius 3 is 2.60 bits per heavy atom. The fourth-order valence-corrected chi connectivity index (χ4v) is 2.93. The lowest BCUT2D eigenvalue weighted by atomic mass is 9.96. The highest BCUT2D eigenvalue weighted by Crippen LogP contribution is 2.18. The predicted octanol–water partition coefficient (Wildman–Crippen LogP) is 2.57. The molecule has 0 aliphatic carbocycles. The zero-order chi connectivity index (χ0) is 16.1. The van der Waals surface area contributed by atoms with E-state index in [-0.39, 0.29) is 30.7 Å². The van der Waals surface area contributed by atoms with E-state index in [1.807, 2.05) is 27.8 Å². The van der Waals surface area contributed by atoms with Gasteiger partial charge in [-0.25, -0.2) is 9.97 Å². The number of nitrogens with zero attached hydrogens (tertiary/aromatic N) is 4. The van der Waals surface area contributed by atoms with E-state index in [0.29, 0.717) is 11.5 Å². The summed E-state index contributed by atoms with van der Waals surface area (Å²) in [4.78, 5) is 22.9. The largest absolute Gasteiger partial charge is 0.339 e. The fraction of sp³-hybridized carbons (Fsp3) is 0.471. The van der Waals surface area contributed by atoms with Gasteiger partial charge in [-0.1, -0.05) is 6.92 Å². The van der Waals surface area contributed by atoms with Gasteiger partial charge in [0.1, 0.15) is 12.1 Å². The van der Waals surface area contributed by atoms with Gasteiger partial charge in [-0.2, -0.15) is 0 Å². The van der Waals surface area contributed by atoms with Crippen LogP contribution in [0.5, 0.6) is 0 Å². The minimum absolute atomic E-state index is 0. The molecule has 0 atom stereocenters. The molecule has 0 spiro atoms. The summed E-state index contributed by atoms with van der Waals surface area (Å²) in [5, 5.41) is 3.39. The van der Waals surface area contributed by atoms with Gasteiger partial charge in [0.05, 0.1) is 5.56 Å². The summed E-state index contributed by atoms with van der Waals surface area (Å²) in [6.07, 6.45) is 9.02. The molecule has 25 heavy (non-hydrogen) atoms. The van der Waals surface area contributed by atoms with Crippen LogP contribution in [0.4, 0.5) is 0 Å². The number of pyridine rings is 1. The molecule has 2 aromatic rings. The van der Waals surface area contributed by atoms with Crippen molar-refractivity contribution in [2.45, 2.75) is 19.8 Å². The van der Waals surface area contributed by atoms with Gasteiger partial charge < -0.3 is 10.2 Å². The third kappa shape index (κ3) is 5.42. The first-order chi connectivity index (χ1) is 11.3. The molecular formula is C17H25Cl2N5O. The van der Waals surface area contributed by atoms with Crippen molar-refractivity contribution in [1.29, 1.82) is 0 Å². The first kappa shape index (κ1) is 21.4. The van der Waals surface area contributed by atoms with E-state index >= 15 is 0 Å². The van der Waals surface area contributed by atoms with Gasteiger partial charge >= 0.3 is 0 Å². The number of aromatic nitrogens is 3. The Balaban J connectivity index is 0.00000156. The second kappa shape index (κ2) is 10.4. The first-order valence-electron chi connectivity index (χ1n) is 8.22. The number of hydrogen-bond donors (Lipinski definition) is 1. The van der Waals surface area contributed by atoms with Crippen LogP contribution in [0.1, 0.15) is 30.1 Å². The summed E-state index contributed by atoms with van der Waals surface area (Å²) in [6.45, 7) is 5.85. The SMILES string of the molecule is CCNCC1CCN(C(=O)c2ccc(-n3ccnc3)nc2)CC1.Cl.Cl. The Labute approximate surface area is 160 Å². The molecule has 138 valence electrons. The average molecular weight is 386 g/mol. The Morgan fingerprint density at radius 2 is 2.04 bits per heavy atom. The number of hydrogen-bond acceptors (Lipinski definition) is 4. The number of amides is 1. The Morgan fingerprint density at radius 1 is 1.28 bits per heavy atom. The fourth-order valence-electron chi connectivity index (χ4n) is 2.93. The van der Waals surface area contributed by atoms with Crippen LogP contribution < -0.4 is 5.32 Å². The predicted molar refractivity (Wildman–Crippen MR) is 103 cm³/mol. The van der Waals surface area contributed by atoms with E-state index in [1.165, 1.54) is 0 Å². The number of likely N-dealkylation sites (tertiary alicyclic amines) is 1. The van der Waals surface area contributed by atoms with Crippen molar-refractivity contribution < 1.29 is 4.79 Å². The average Bonchev–Trinajstić information content (AvgIpc) is 3.14. The van der Waals surface area contributed by atoms with E-state index in [9.17, 15) is 4.79 Å². The second-order valence-corrected chi connectivity index (χ2v) is 5.92. The summed E-state index contributed by atoms with van der Waals surface area (Å²) < 4.78 is 1.82. The van der Waals surface area contributed by atoms with Crippen molar-refractivity contribution in [3.63, 3.8) is 0 Å². The highest BCUT2D eigenvalue weighted by atomic mass is 35.5. The van der Waals surface area contributed by atoms with Crippen molar-refractivity contribution in [2.75, 3.05) is 26.2 Å². The molecule has 1 N–H and O–H groups in total. The molecule has 0 saturated carbocycles. The van der Waals surface area contributed by atoms with Crippen LogP contribution in [-0.4, -0.2) is 51.5 Å². The minimum Gasteiger partial charge on any atom is -0.339 e. The molecule has 1 aliphatic heterocycles. The maximum Gasteiger partial charge on any atom is 0.255 e. The third-order valence-electron chi connectivity index (χ3n) is 4.35. The zero-order valence-electron chi connectivity index (χ0n) is 14.3.